The average Bonchev–Trinajstić information content (AvgIpc) is 2.95. The number of hydrogen-bond acceptors (Lipinski definition) is 5. The van der Waals surface area contributed by atoms with Crippen molar-refractivity contribution in [2.45, 2.75) is 129 Å². The number of hydrogen-bond donors (Lipinski definition) is 3. The monoisotopic (exact) mass is 641 g/mol. The van der Waals surface area contributed by atoms with Gasteiger partial charge in [0.2, 0.25) is 5.91 Å². The molecule has 0 radical (unpaired) electrons. The zero-order valence-electron chi connectivity index (χ0n) is 28.6. The van der Waals surface area contributed by atoms with Gasteiger partial charge >= 0.3 is 7.82 Å². The summed E-state index contributed by atoms with van der Waals surface area (Å²) in [4.78, 5) is 22.7. The number of aliphatic hydroxyl groups excluding tert-OH is 1. The van der Waals surface area contributed by atoms with E-state index in [0.717, 1.165) is 77.0 Å². The molecular weight excluding hydrogens is 575 g/mol. The third kappa shape index (κ3) is 29.2. The van der Waals surface area contributed by atoms with Gasteiger partial charge in [-0.05, 0) is 51.4 Å². The molecule has 0 saturated heterocycles. The number of nitrogens with one attached hydrogen (secondary N) is 1. The fourth-order valence-corrected chi connectivity index (χ4v) is 5.06. The van der Waals surface area contributed by atoms with Crippen molar-refractivity contribution in [1.82, 2.24) is 5.32 Å². The highest BCUT2D eigenvalue weighted by Gasteiger charge is 2.28. The van der Waals surface area contributed by atoms with Crippen molar-refractivity contribution in [3.8, 4) is 0 Å². The summed E-state index contributed by atoms with van der Waals surface area (Å²) in [5.74, 6) is -0.175. The lowest BCUT2D eigenvalue weighted by Gasteiger charge is -2.26. The van der Waals surface area contributed by atoms with E-state index in [9.17, 15) is 19.4 Å². The molecule has 9 heteroatoms. The van der Waals surface area contributed by atoms with E-state index in [1.54, 1.807) is 0 Å². The number of unbranched alkanes of at least 4 members (excludes halogenated alkanes) is 8. The largest absolute Gasteiger partial charge is 0.472 e. The van der Waals surface area contributed by atoms with Crippen molar-refractivity contribution in [3.05, 3.63) is 48.6 Å². The molecule has 1 amide bonds. The Hall–Kier alpha value is -1.54. The van der Waals surface area contributed by atoms with Gasteiger partial charge in [0, 0.05) is 6.42 Å². The Morgan fingerprint density at radius 2 is 1.36 bits per heavy atom. The van der Waals surface area contributed by atoms with Gasteiger partial charge in [-0.2, -0.15) is 0 Å². The van der Waals surface area contributed by atoms with Gasteiger partial charge < -0.3 is 19.8 Å². The quantitative estimate of drug-likeness (QED) is 0.0329. The third-order valence-electron chi connectivity index (χ3n) is 7.09. The van der Waals surface area contributed by atoms with Gasteiger partial charge in [-0.3, -0.25) is 13.8 Å². The molecule has 0 aliphatic carbocycles. The van der Waals surface area contributed by atoms with Crippen molar-refractivity contribution < 1.29 is 32.9 Å². The first kappa shape index (κ1) is 42.5. The molecule has 3 N–H and O–H groups in total. The molecule has 44 heavy (non-hydrogen) atoms. The molecule has 0 aliphatic rings. The maximum Gasteiger partial charge on any atom is 0.472 e. The van der Waals surface area contributed by atoms with E-state index in [2.05, 4.69) is 67.8 Å². The lowest BCUT2D eigenvalue weighted by Crippen LogP contribution is -2.46. The van der Waals surface area contributed by atoms with Crippen LogP contribution in [0, 0.1) is 0 Å². The van der Waals surface area contributed by atoms with E-state index in [0.29, 0.717) is 23.9 Å². The molecule has 256 valence electrons. The number of likely N-dealkylation sites (N-methyl/N-ethyl adjacent to an activating group) is 1. The highest BCUT2D eigenvalue weighted by Crippen LogP contribution is 2.43. The second kappa shape index (κ2) is 27.7. The maximum absolute atomic E-state index is 12.6. The minimum absolute atomic E-state index is 0.0673. The summed E-state index contributed by atoms with van der Waals surface area (Å²) in [6.07, 6.45) is 32.1. The zero-order chi connectivity index (χ0) is 32.9. The predicted molar refractivity (Wildman–Crippen MR) is 184 cm³/mol. The van der Waals surface area contributed by atoms with E-state index < -0.39 is 20.0 Å². The molecule has 3 unspecified atom stereocenters. The Labute approximate surface area is 269 Å². The number of phosphoric ester groups is 1. The second-order valence-corrected chi connectivity index (χ2v) is 14.0. The second-order valence-electron chi connectivity index (χ2n) is 12.5. The molecular formula is C35H66N2O6P+. The summed E-state index contributed by atoms with van der Waals surface area (Å²) in [5.41, 5.74) is 0. The normalized spacial score (nSPS) is 15.5. The van der Waals surface area contributed by atoms with Crippen LogP contribution in [-0.4, -0.2) is 73.4 Å². The maximum atomic E-state index is 12.6. The first-order chi connectivity index (χ1) is 21.0. The number of aliphatic hydroxyl groups is 1. The number of amides is 1. The Balaban J connectivity index is 4.19. The van der Waals surface area contributed by atoms with E-state index in [-0.39, 0.29) is 19.1 Å². The van der Waals surface area contributed by atoms with Crippen LogP contribution < -0.4 is 5.32 Å². The summed E-state index contributed by atoms with van der Waals surface area (Å²) in [5, 5.41) is 13.5. The molecule has 0 aromatic heterocycles. The average molecular weight is 642 g/mol. The van der Waals surface area contributed by atoms with E-state index in [4.69, 9.17) is 9.05 Å². The third-order valence-corrected chi connectivity index (χ3v) is 8.08. The van der Waals surface area contributed by atoms with Crippen LogP contribution in [-0.2, 0) is 18.4 Å². The number of phosphoric acid groups is 1. The number of quaternary nitrogens is 1. The molecule has 0 aromatic rings. The molecule has 8 nitrogen and oxygen atoms in total. The van der Waals surface area contributed by atoms with Gasteiger partial charge in [-0.15, -0.1) is 0 Å². The lowest BCUT2D eigenvalue weighted by molar-refractivity contribution is -0.870. The molecule has 0 aromatic carbocycles. The van der Waals surface area contributed by atoms with Gasteiger partial charge in [0.05, 0.1) is 39.9 Å². The SMILES string of the molecule is CC/C=C\C/C=C\C/C=C\C/C=C\CCCCCCCCC(=O)NC(COP(=O)(O)OCC[N+](C)(C)C)C(O)CCCCC. The van der Waals surface area contributed by atoms with Crippen molar-refractivity contribution in [3.63, 3.8) is 0 Å². The van der Waals surface area contributed by atoms with E-state index in [1.165, 1.54) is 12.8 Å². The smallest absolute Gasteiger partial charge is 0.391 e. The van der Waals surface area contributed by atoms with E-state index >= 15 is 0 Å². The van der Waals surface area contributed by atoms with Gasteiger partial charge in [-0.1, -0.05) is 107 Å². The van der Waals surface area contributed by atoms with Crippen molar-refractivity contribution in [1.29, 1.82) is 0 Å². The first-order valence-electron chi connectivity index (χ1n) is 17.0. The van der Waals surface area contributed by atoms with Crippen molar-refractivity contribution >= 4 is 13.7 Å². The molecule has 0 bridgehead atoms. The zero-order valence-corrected chi connectivity index (χ0v) is 29.5. The lowest BCUT2D eigenvalue weighted by atomic mass is 10.0. The Morgan fingerprint density at radius 1 is 0.795 bits per heavy atom. The summed E-state index contributed by atoms with van der Waals surface area (Å²) < 4.78 is 23.2. The van der Waals surface area contributed by atoms with Crippen molar-refractivity contribution in [2.75, 3.05) is 40.9 Å². The van der Waals surface area contributed by atoms with Crippen LogP contribution in [0.25, 0.3) is 0 Å². The van der Waals surface area contributed by atoms with Crippen LogP contribution in [0.1, 0.15) is 117 Å². The summed E-state index contributed by atoms with van der Waals surface area (Å²) in [7, 11) is 1.58. The van der Waals surface area contributed by atoms with Gasteiger partial charge in [0.1, 0.15) is 13.2 Å². The number of rotatable bonds is 29. The predicted octanol–water partition coefficient (Wildman–Crippen LogP) is 8.18. The molecule has 0 saturated carbocycles. The molecule has 0 fully saturated rings. The molecule has 0 heterocycles. The molecule has 3 atom stereocenters. The molecule has 0 rings (SSSR count). The fraction of sp³-hybridized carbons (Fsp3) is 0.743. The van der Waals surface area contributed by atoms with Gasteiger partial charge in [0.15, 0.2) is 0 Å². The highest BCUT2D eigenvalue weighted by molar-refractivity contribution is 7.47. The van der Waals surface area contributed by atoms with Crippen LogP contribution in [0.2, 0.25) is 0 Å². The number of carbonyl (C=O) groups is 1. The van der Waals surface area contributed by atoms with Crippen LogP contribution in [0.3, 0.4) is 0 Å². The van der Waals surface area contributed by atoms with Crippen LogP contribution in [0.15, 0.2) is 48.6 Å². The van der Waals surface area contributed by atoms with Crippen LogP contribution >= 0.6 is 7.82 Å². The number of carbonyl (C=O) groups excluding carboxylic acids is 1. The summed E-state index contributed by atoms with van der Waals surface area (Å²) in [6, 6.07) is -0.764. The fourth-order valence-electron chi connectivity index (χ4n) is 4.33. The minimum Gasteiger partial charge on any atom is -0.391 e. The minimum atomic E-state index is -4.29. The van der Waals surface area contributed by atoms with Crippen LogP contribution in [0.5, 0.6) is 0 Å². The van der Waals surface area contributed by atoms with Crippen LogP contribution in [0.4, 0.5) is 0 Å². The van der Waals surface area contributed by atoms with Gasteiger partial charge in [-0.25, -0.2) is 4.57 Å². The van der Waals surface area contributed by atoms with Gasteiger partial charge in [0.25, 0.3) is 0 Å². The summed E-state index contributed by atoms with van der Waals surface area (Å²) >= 11 is 0. The molecule has 0 aliphatic heterocycles. The molecule has 0 spiro atoms. The number of allylic oxidation sites excluding steroid dienone is 8. The first-order valence-corrected chi connectivity index (χ1v) is 18.5. The topological polar surface area (TPSA) is 105 Å². The van der Waals surface area contributed by atoms with E-state index in [1.807, 2.05) is 21.1 Å². The van der Waals surface area contributed by atoms with Crippen molar-refractivity contribution in [2.24, 2.45) is 0 Å². The Bertz CT molecular complexity index is 866. The number of nitrogens with zero attached hydrogens (tertiary/aromatic N) is 1. The highest BCUT2D eigenvalue weighted by atomic mass is 31.2. The Kier molecular flexibility index (Phi) is 26.8. The standard InChI is InChI=1S/C35H65N2O6P/c1-6-8-10-11-12-13-14-15-16-17-18-19-20-21-22-23-24-25-27-29-35(39)36-33(34(38)28-26-9-7-2)32-43-44(40,41)42-31-30-37(3,4)5/h8,10,12-13,15-16,18-19,33-34,38H,6-7,9,11,14,17,20-32H2,1-5H3,(H-,36,39,40,41)/p+1/b10-8-,13-12-,16-15-,19-18-. The Morgan fingerprint density at radius 3 is 1.95 bits per heavy atom. The summed E-state index contributed by atoms with van der Waals surface area (Å²) in [6.45, 7) is 4.55.